The van der Waals surface area contributed by atoms with Crippen LogP contribution in [0, 0.1) is 19.8 Å². The smallest absolute Gasteiger partial charge is 0.244 e. The zero-order chi connectivity index (χ0) is 23.8. The fourth-order valence-corrected chi connectivity index (χ4v) is 5.89. The van der Waals surface area contributed by atoms with Crippen LogP contribution >= 0.6 is 23.2 Å². The number of aromatic nitrogens is 2. The molecule has 8 nitrogen and oxygen atoms in total. The van der Waals surface area contributed by atoms with E-state index in [1.165, 1.54) is 16.4 Å². The Bertz CT molecular complexity index is 1310. The Morgan fingerprint density at radius 2 is 1.94 bits per heavy atom. The van der Waals surface area contributed by atoms with Gasteiger partial charge in [0.05, 0.1) is 10.9 Å². The van der Waals surface area contributed by atoms with E-state index in [2.05, 4.69) is 15.5 Å². The van der Waals surface area contributed by atoms with Crippen molar-refractivity contribution in [3.8, 4) is 11.4 Å². The lowest BCUT2D eigenvalue weighted by molar-refractivity contribution is -0.120. The molecule has 0 saturated carbocycles. The van der Waals surface area contributed by atoms with Gasteiger partial charge < -0.3 is 9.84 Å². The molecule has 1 fully saturated rings. The van der Waals surface area contributed by atoms with E-state index >= 15 is 0 Å². The number of nitrogens with zero attached hydrogens (tertiary/aromatic N) is 3. The third-order valence-electron chi connectivity index (χ3n) is 5.53. The molecule has 1 aliphatic heterocycles. The number of amides is 1. The highest BCUT2D eigenvalue weighted by molar-refractivity contribution is 7.89. The van der Waals surface area contributed by atoms with Gasteiger partial charge in [0.1, 0.15) is 4.90 Å². The van der Waals surface area contributed by atoms with Gasteiger partial charge in [-0.3, -0.25) is 4.79 Å². The molecule has 2 aromatic carbocycles. The van der Waals surface area contributed by atoms with E-state index in [4.69, 9.17) is 27.7 Å². The average Bonchev–Trinajstić information content (AvgIpc) is 3.23. The third kappa shape index (κ3) is 5.06. The zero-order valence-corrected chi connectivity index (χ0v) is 20.3. The lowest BCUT2D eigenvalue weighted by Gasteiger charge is -2.31. The Kier molecular flexibility index (Phi) is 6.76. The molecule has 3 aromatic rings. The van der Waals surface area contributed by atoms with Crippen molar-refractivity contribution in [1.82, 2.24) is 14.4 Å². The van der Waals surface area contributed by atoms with Gasteiger partial charge in [0.2, 0.25) is 27.6 Å². The molecule has 0 aliphatic carbocycles. The topological polar surface area (TPSA) is 105 Å². The van der Waals surface area contributed by atoms with Crippen molar-refractivity contribution < 1.29 is 17.7 Å². The largest absolute Gasteiger partial charge is 0.339 e. The summed E-state index contributed by atoms with van der Waals surface area (Å²) >= 11 is 12.4. The van der Waals surface area contributed by atoms with Crippen molar-refractivity contribution in [3.63, 3.8) is 0 Å². The van der Waals surface area contributed by atoms with Crippen LogP contribution < -0.4 is 5.32 Å². The second-order valence-corrected chi connectivity index (χ2v) is 10.7. The third-order valence-corrected chi connectivity index (χ3v) is 8.28. The van der Waals surface area contributed by atoms with Gasteiger partial charge in [0.15, 0.2) is 0 Å². The van der Waals surface area contributed by atoms with E-state index in [1.807, 2.05) is 13.0 Å². The predicted octanol–water partition coefficient (Wildman–Crippen LogP) is 4.70. The Balaban J connectivity index is 1.54. The quantitative estimate of drug-likeness (QED) is 0.535. The van der Waals surface area contributed by atoms with Crippen LogP contribution in [0.4, 0.5) is 5.69 Å². The predicted molar refractivity (Wildman–Crippen MR) is 126 cm³/mol. The zero-order valence-electron chi connectivity index (χ0n) is 18.0. The molecule has 1 aliphatic rings. The fourth-order valence-electron chi connectivity index (χ4n) is 3.69. The van der Waals surface area contributed by atoms with Crippen molar-refractivity contribution in [2.24, 2.45) is 5.92 Å². The van der Waals surface area contributed by atoms with E-state index in [0.29, 0.717) is 41.6 Å². The highest BCUT2D eigenvalue weighted by Gasteiger charge is 2.34. The van der Waals surface area contributed by atoms with Gasteiger partial charge in [-0.1, -0.05) is 34.4 Å². The number of piperidine rings is 1. The first-order valence-corrected chi connectivity index (χ1v) is 12.5. The molecule has 1 amide bonds. The van der Waals surface area contributed by atoms with Gasteiger partial charge in [-0.2, -0.15) is 9.29 Å². The molecule has 0 unspecified atom stereocenters. The highest BCUT2D eigenvalue weighted by Crippen LogP contribution is 2.32. The van der Waals surface area contributed by atoms with Crippen LogP contribution in [-0.4, -0.2) is 41.9 Å². The number of hydrogen-bond donors (Lipinski definition) is 1. The van der Waals surface area contributed by atoms with Crippen LogP contribution in [0.2, 0.25) is 10.0 Å². The molecular formula is C22H22Cl2N4O4S. The molecule has 1 atom stereocenters. The number of benzene rings is 2. The summed E-state index contributed by atoms with van der Waals surface area (Å²) in [5.41, 5.74) is 1.94. The number of carbonyl (C=O) groups is 1. The first-order chi connectivity index (χ1) is 15.6. The van der Waals surface area contributed by atoms with Crippen LogP contribution in [0.3, 0.4) is 0 Å². The minimum Gasteiger partial charge on any atom is -0.339 e. The summed E-state index contributed by atoms with van der Waals surface area (Å²) in [6.07, 6.45) is 1.13. The summed E-state index contributed by atoms with van der Waals surface area (Å²) in [4.78, 5) is 16.9. The van der Waals surface area contributed by atoms with Crippen LogP contribution in [-0.2, 0) is 14.8 Å². The van der Waals surface area contributed by atoms with Gasteiger partial charge in [-0.25, -0.2) is 8.42 Å². The Hall–Kier alpha value is -2.46. The van der Waals surface area contributed by atoms with E-state index in [0.717, 1.165) is 5.56 Å². The Morgan fingerprint density at radius 1 is 1.15 bits per heavy atom. The summed E-state index contributed by atoms with van der Waals surface area (Å²) in [6.45, 7) is 3.87. The van der Waals surface area contributed by atoms with Crippen molar-refractivity contribution in [2.45, 2.75) is 31.6 Å². The molecule has 1 aromatic heterocycles. The average molecular weight is 509 g/mol. The van der Waals surface area contributed by atoms with Crippen molar-refractivity contribution in [3.05, 3.63) is 57.9 Å². The van der Waals surface area contributed by atoms with Crippen molar-refractivity contribution in [1.29, 1.82) is 0 Å². The van der Waals surface area contributed by atoms with E-state index in [1.54, 1.807) is 25.1 Å². The Labute approximate surface area is 201 Å². The number of aryl methyl sites for hydroxylation is 2. The van der Waals surface area contributed by atoms with Gasteiger partial charge in [-0.05, 0) is 55.7 Å². The Morgan fingerprint density at radius 3 is 2.64 bits per heavy atom. The monoisotopic (exact) mass is 508 g/mol. The SMILES string of the molecule is Cc1nc(-c2ccc(Cl)c(S(=O)(=O)N3CCC[C@@H](C(=O)Nc4ccc(C)c(Cl)c4)C3)c2)no1. The summed E-state index contributed by atoms with van der Waals surface area (Å²) in [5, 5.41) is 7.31. The minimum atomic E-state index is -3.95. The fraction of sp³-hybridized carbons (Fsp3) is 0.318. The molecule has 2 heterocycles. The standard InChI is InChI=1S/C22H22Cl2N4O4S/c1-13-5-7-17(11-19(13)24)26-22(29)16-4-3-9-28(12-16)33(30,31)20-10-15(6-8-18(20)23)21-25-14(2)32-27-21/h5-8,10-11,16H,3-4,9,12H2,1-2H3,(H,26,29)/t16-/m1/s1. The van der Waals surface area contributed by atoms with Gasteiger partial charge >= 0.3 is 0 Å². The summed E-state index contributed by atoms with van der Waals surface area (Å²) in [6, 6.07) is 9.81. The van der Waals surface area contributed by atoms with Crippen molar-refractivity contribution >= 4 is 44.8 Å². The maximum absolute atomic E-state index is 13.4. The summed E-state index contributed by atoms with van der Waals surface area (Å²) in [7, 11) is -3.95. The molecule has 0 bridgehead atoms. The molecule has 0 radical (unpaired) electrons. The number of halogens is 2. The van der Waals surface area contributed by atoms with Crippen molar-refractivity contribution in [2.75, 3.05) is 18.4 Å². The lowest BCUT2D eigenvalue weighted by atomic mass is 9.98. The normalized spacial score (nSPS) is 17.2. The van der Waals surface area contributed by atoms with Crippen LogP contribution in [0.5, 0.6) is 0 Å². The number of nitrogens with one attached hydrogen (secondary N) is 1. The maximum Gasteiger partial charge on any atom is 0.244 e. The summed E-state index contributed by atoms with van der Waals surface area (Å²) in [5.74, 6) is -0.121. The molecular weight excluding hydrogens is 487 g/mol. The second kappa shape index (κ2) is 9.42. The first-order valence-electron chi connectivity index (χ1n) is 10.3. The van der Waals surface area contributed by atoms with Gasteiger partial charge in [0, 0.05) is 36.3 Å². The number of rotatable bonds is 5. The maximum atomic E-state index is 13.4. The van der Waals surface area contributed by atoms with E-state index in [9.17, 15) is 13.2 Å². The minimum absolute atomic E-state index is 0.0512. The number of sulfonamides is 1. The van der Waals surface area contributed by atoms with E-state index in [-0.39, 0.29) is 28.2 Å². The first kappa shape index (κ1) is 23.7. The van der Waals surface area contributed by atoms with Crippen LogP contribution in [0.1, 0.15) is 24.3 Å². The lowest BCUT2D eigenvalue weighted by Crippen LogP contribution is -2.43. The molecule has 1 N–H and O–H groups in total. The number of anilines is 1. The van der Waals surface area contributed by atoms with Crippen LogP contribution in [0.15, 0.2) is 45.8 Å². The molecule has 4 rings (SSSR count). The second-order valence-electron chi connectivity index (χ2n) is 7.94. The molecule has 11 heteroatoms. The van der Waals surface area contributed by atoms with E-state index < -0.39 is 15.9 Å². The molecule has 1 saturated heterocycles. The van der Waals surface area contributed by atoms with Gasteiger partial charge in [-0.15, -0.1) is 0 Å². The number of hydrogen-bond acceptors (Lipinski definition) is 6. The number of carbonyl (C=O) groups excluding carboxylic acids is 1. The van der Waals surface area contributed by atoms with Crippen LogP contribution in [0.25, 0.3) is 11.4 Å². The summed E-state index contributed by atoms with van der Waals surface area (Å²) < 4.78 is 33.2. The molecule has 174 valence electrons. The molecule has 0 spiro atoms. The van der Waals surface area contributed by atoms with Gasteiger partial charge in [0.25, 0.3) is 0 Å². The highest BCUT2D eigenvalue weighted by atomic mass is 35.5. The molecule has 33 heavy (non-hydrogen) atoms.